The molecule has 1 aliphatic rings. The molecule has 8 nitrogen and oxygen atoms in total. The molecule has 0 bridgehead atoms. The van der Waals surface area contributed by atoms with E-state index in [1.54, 1.807) is 54.3 Å². The molecule has 1 fully saturated rings. The van der Waals surface area contributed by atoms with Crippen LogP contribution in [-0.4, -0.2) is 41.0 Å². The SMILES string of the molecule is C[C@H](C(=O)Nc1cccc(NC(=O)CCS(=O)(=O)C2CCCC2)c1)n1cccn1. The number of hydrogen-bond acceptors (Lipinski definition) is 5. The first-order chi connectivity index (χ1) is 13.8. The van der Waals surface area contributed by atoms with Gasteiger partial charge < -0.3 is 10.6 Å². The molecule has 1 atom stereocenters. The van der Waals surface area contributed by atoms with Crippen molar-refractivity contribution in [2.45, 2.75) is 50.3 Å². The highest BCUT2D eigenvalue weighted by atomic mass is 32.2. The first kappa shape index (κ1) is 21.0. The fourth-order valence-electron chi connectivity index (χ4n) is 3.42. The Morgan fingerprint density at radius 1 is 1.17 bits per heavy atom. The standard InChI is InChI=1S/C20H26N4O4S/c1-15(24-12-5-11-21-24)20(26)23-17-7-4-6-16(14-17)22-19(25)10-13-29(27,28)18-8-2-3-9-18/h4-7,11-12,14-15,18H,2-3,8-10,13H2,1H3,(H,22,25)(H,23,26)/t15-/m1/s1. The van der Waals surface area contributed by atoms with E-state index < -0.39 is 15.9 Å². The van der Waals surface area contributed by atoms with Gasteiger partial charge in [0, 0.05) is 30.2 Å². The molecule has 29 heavy (non-hydrogen) atoms. The minimum absolute atomic E-state index is 0.0776. The van der Waals surface area contributed by atoms with E-state index >= 15 is 0 Å². The van der Waals surface area contributed by atoms with Gasteiger partial charge in [-0.25, -0.2) is 8.42 Å². The van der Waals surface area contributed by atoms with Crippen molar-refractivity contribution in [3.63, 3.8) is 0 Å². The number of hydrogen-bond donors (Lipinski definition) is 2. The Morgan fingerprint density at radius 2 is 1.86 bits per heavy atom. The summed E-state index contributed by atoms with van der Waals surface area (Å²) in [6.45, 7) is 1.73. The minimum Gasteiger partial charge on any atom is -0.326 e. The number of carbonyl (C=O) groups is 2. The van der Waals surface area contributed by atoms with Gasteiger partial charge >= 0.3 is 0 Å². The molecule has 0 radical (unpaired) electrons. The van der Waals surface area contributed by atoms with Crippen molar-refractivity contribution in [2.75, 3.05) is 16.4 Å². The summed E-state index contributed by atoms with van der Waals surface area (Å²) >= 11 is 0. The molecular weight excluding hydrogens is 392 g/mol. The Morgan fingerprint density at radius 3 is 2.52 bits per heavy atom. The van der Waals surface area contributed by atoms with Gasteiger partial charge in [-0.05, 0) is 44.0 Å². The van der Waals surface area contributed by atoms with Crippen LogP contribution in [0.4, 0.5) is 11.4 Å². The van der Waals surface area contributed by atoms with Gasteiger partial charge in [-0.2, -0.15) is 5.10 Å². The molecule has 2 N–H and O–H groups in total. The van der Waals surface area contributed by atoms with Crippen molar-refractivity contribution in [1.82, 2.24) is 9.78 Å². The Hall–Kier alpha value is -2.68. The number of nitrogens with zero attached hydrogens (tertiary/aromatic N) is 2. The fourth-order valence-corrected chi connectivity index (χ4v) is 5.28. The number of amides is 2. The lowest BCUT2D eigenvalue weighted by Gasteiger charge is -2.14. The Labute approximate surface area is 170 Å². The van der Waals surface area contributed by atoms with Crippen molar-refractivity contribution >= 4 is 33.0 Å². The molecule has 2 aromatic rings. The minimum atomic E-state index is -3.23. The summed E-state index contributed by atoms with van der Waals surface area (Å²) in [6.07, 6.45) is 6.51. The van der Waals surface area contributed by atoms with Crippen LogP contribution in [0.15, 0.2) is 42.7 Å². The second-order valence-corrected chi connectivity index (χ2v) is 9.70. The van der Waals surface area contributed by atoms with E-state index in [4.69, 9.17) is 0 Å². The number of carbonyl (C=O) groups excluding carboxylic acids is 2. The van der Waals surface area contributed by atoms with Crippen LogP contribution >= 0.6 is 0 Å². The molecule has 156 valence electrons. The summed E-state index contributed by atoms with van der Waals surface area (Å²) < 4.78 is 26.1. The van der Waals surface area contributed by atoms with E-state index in [2.05, 4.69) is 15.7 Å². The Bertz CT molecular complexity index is 951. The fraction of sp³-hybridized carbons (Fsp3) is 0.450. The monoisotopic (exact) mass is 418 g/mol. The maximum absolute atomic E-state index is 12.4. The highest BCUT2D eigenvalue weighted by molar-refractivity contribution is 7.92. The summed E-state index contributed by atoms with van der Waals surface area (Å²) in [6, 6.07) is 8.01. The molecule has 2 amide bonds. The van der Waals surface area contributed by atoms with Crippen LogP contribution in [0.2, 0.25) is 0 Å². The third-order valence-corrected chi connectivity index (χ3v) is 7.40. The van der Waals surface area contributed by atoms with Gasteiger partial charge in [-0.1, -0.05) is 18.9 Å². The van der Waals surface area contributed by atoms with Gasteiger partial charge in [-0.15, -0.1) is 0 Å². The Balaban J connectivity index is 1.53. The maximum Gasteiger partial charge on any atom is 0.248 e. The highest BCUT2D eigenvalue weighted by Crippen LogP contribution is 2.25. The third-order valence-electron chi connectivity index (χ3n) is 5.14. The second-order valence-electron chi connectivity index (χ2n) is 7.30. The topological polar surface area (TPSA) is 110 Å². The molecular formula is C20H26N4O4S. The van der Waals surface area contributed by atoms with Crippen molar-refractivity contribution in [3.8, 4) is 0 Å². The normalized spacial score (nSPS) is 15.8. The molecule has 1 heterocycles. The van der Waals surface area contributed by atoms with E-state index in [-0.39, 0.29) is 29.2 Å². The predicted molar refractivity (Wildman–Crippen MR) is 111 cm³/mol. The predicted octanol–water partition coefficient (Wildman–Crippen LogP) is 2.77. The van der Waals surface area contributed by atoms with Gasteiger partial charge in [0.2, 0.25) is 11.8 Å². The molecule has 1 aromatic carbocycles. The van der Waals surface area contributed by atoms with Crippen molar-refractivity contribution in [1.29, 1.82) is 0 Å². The average Bonchev–Trinajstić information content (AvgIpc) is 3.40. The zero-order valence-electron chi connectivity index (χ0n) is 16.4. The van der Waals surface area contributed by atoms with E-state index in [0.29, 0.717) is 24.2 Å². The van der Waals surface area contributed by atoms with E-state index in [0.717, 1.165) is 12.8 Å². The third kappa shape index (κ3) is 5.66. The lowest BCUT2D eigenvalue weighted by molar-refractivity contribution is -0.119. The number of rotatable bonds is 8. The van der Waals surface area contributed by atoms with Crippen LogP contribution in [0, 0.1) is 0 Å². The van der Waals surface area contributed by atoms with Crippen LogP contribution in [-0.2, 0) is 19.4 Å². The van der Waals surface area contributed by atoms with Gasteiger partial charge in [0.25, 0.3) is 0 Å². The average molecular weight is 419 g/mol. The molecule has 9 heteroatoms. The molecule has 0 spiro atoms. The summed E-state index contributed by atoms with van der Waals surface area (Å²) in [4.78, 5) is 24.6. The quantitative estimate of drug-likeness (QED) is 0.685. The molecule has 0 aliphatic heterocycles. The molecule has 3 rings (SSSR count). The van der Waals surface area contributed by atoms with Crippen LogP contribution in [0.3, 0.4) is 0 Å². The van der Waals surface area contributed by atoms with Gasteiger partial charge in [0.15, 0.2) is 9.84 Å². The van der Waals surface area contributed by atoms with E-state index in [1.165, 1.54) is 0 Å². The molecule has 0 saturated heterocycles. The largest absolute Gasteiger partial charge is 0.326 e. The van der Waals surface area contributed by atoms with Gasteiger partial charge in [0.05, 0.1) is 11.0 Å². The van der Waals surface area contributed by atoms with Crippen molar-refractivity contribution < 1.29 is 18.0 Å². The van der Waals surface area contributed by atoms with Crippen molar-refractivity contribution in [3.05, 3.63) is 42.7 Å². The van der Waals surface area contributed by atoms with Gasteiger partial charge in [0.1, 0.15) is 6.04 Å². The van der Waals surface area contributed by atoms with Crippen molar-refractivity contribution in [2.24, 2.45) is 0 Å². The highest BCUT2D eigenvalue weighted by Gasteiger charge is 2.28. The maximum atomic E-state index is 12.4. The van der Waals surface area contributed by atoms with Gasteiger partial charge in [-0.3, -0.25) is 14.3 Å². The zero-order valence-corrected chi connectivity index (χ0v) is 17.2. The number of benzene rings is 1. The lowest BCUT2D eigenvalue weighted by Crippen LogP contribution is -2.25. The summed E-state index contributed by atoms with van der Waals surface area (Å²) in [5, 5.41) is 9.25. The molecule has 1 aliphatic carbocycles. The summed E-state index contributed by atoms with van der Waals surface area (Å²) in [5.74, 6) is -0.735. The number of sulfone groups is 1. The van der Waals surface area contributed by atoms with Crippen LogP contribution in [0.5, 0.6) is 0 Å². The number of aromatic nitrogens is 2. The number of anilines is 2. The smallest absolute Gasteiger partial charge is 0.248 e. The zero-order chi connectivity index (χ0) is 20.9. The second kappa shape index (κ2) is 9.21. The first-order valence-electron chi connectivity index (χ1n) is 9.76. The lowest BCUT2D eigenvalue weighted by atomic mass is 10.2. The van der Waals surface area contributed by atoms with Crippen LogP contribution in [0.25, 0.3) is 0 Å². The number of nitrogens with one attached hydrogen (secondary N) is 2. The van der Waals surface area contributed by atoms with Crippen LogP contribution in [0.1, 0.15) is 45.1 Å². The van der Waals surface area contributed by atoms with Crippen LogP contribution < -0.4 is 10.6 Å². The Kier molecular flexibility index (Phi) is 6.68. The molecule has 0 unspecified atom stereocenters. The van der Waals surface area contributed by atoms with E-state index in [1.807, 2.05) is 0 Å². The molecule has 1 saturated carbocycles. The molecule has 1 aromatic heterocycles. The summed E-state index contributed by atoms with van der Waals surface area (Å²) in [5.41, 5.74) is 1.03. The summed E-state index contributed by atoms with van der Waals surface area (Å²) in [7, 11) is -3.23. The van der Waals surface area contributed by atoms with E-state index in [9.17, 15) is 18.0 Å². The first-order valence-corrected chi connectivity index (χ1v) is 11.5.